The maximum absolute atomic E-state index is 11.0. The van der Waals surface area contributed by atoms with E-state index >= 15 is 0 Å². The van der Waals surface area contributed by atoms with E-state index in [4.69, 9.17) is 4.74 Å². The van der Waals surface area contributed by atoms with Gasteiger partial charge in [0.15, 0.2) is 0 Å². The average molecular weight is 196 g/mol. The highest BCUT2D eigenvalue weighted by Crippen LogP contribution is 2.05. The molecule has 0 fully saturated rings. The lowest BCUT2D eigenvalue weighted by molar-refractivity contribution is -0.142. The number of hydrogen-bond donors (Lipinski definition) is 0. The zero-order valence-electron chi connectivity index (χ0n) is 9.54. The van der Waals surface area contributed by atoms with Crippen LogP contribution in [0.2, 0.25) is 0 Å². The minimum absolute atomic E-state index is 0.00528. The zero-order chi connectivity index (χ0) is 11.0. The van der Waals surface area contributed by atoms with Crippen molar-refractivity contribution >= 4 is 5.97 Å². The van der Waals surface area contributed by atoms with Crippen molar-refractivity contribution in [2.45, 2.75) is 46.6 Å². The van der Waals surface area contributed by atoms with Crippen molar-refractivity contribution in [3.05, 3.63) is 23.8 Å². The predicted molar refractivity (Wildman–Crippen MR) is 59.0 cm³/mol. The third kappa shape index (κ3) is 7.59. The van der Waals surface area contributed by atoms with Gasteiger partial charge in [-0.3, -0.25) is 0 Å². The Bertz CT molecular complexity index is 222. The monoisotopic (exact) mass is 196 g/mol. The Balaban J connectivity index is 3.70. The smallest absolute Gasteiger partial charge is 0.330 e. The Morgan fingerprint density at radius 1 is 1.43 bits per heavy atom. The number of carbonyl (C=O) groups excluding carboxylic acids is 1. The summed E-state index contributed by atoms with van der Waals surface area (Å²) in [5.41, 5.74) is 1.30. The minimum Gasteiger partial charge on any atom is -0.460 e. The third-order valence-corrected chi connectivity index (χ3v) is 1.75. The molecule has 0 radical (unpaired) electrons. The molecule has 0 amide bonds. The third-order valence-electron chi connectivity index (χ3n) is 1.75. The van der Waals surface area contributed by atoms with Gasteiger partial charge in [0.05, 0.1) is 6.10 Å². The quantitative estimate of drug-likeness (QED) is 0.383. The Labute approximate surface area is 86.6 Å². The Kier molecular flexibility index (Phi) is 6.81. The van der Waals surface area contributed by atoms with Crippen molar-refractivity contribution in [1.82, 2.24) is 0 Å². The van der Waals surface area contributed by atoms with Gasteiger partial charge in [0.25, 0.3) is 0 Å². The van der Waals surface area contributed by atoms with E-state index in [1.54, 1.807) is 13.0 Å². The van der Waals surface area contributed by atoms with E-state index in [-0.39, 0.29) is 12.1 Å². The van der Waals surface area contributed by atoms with Gasteiger partial charge in [-0.2, -0.15) is 0 Å². The zero-order valence-corrected chi connectivity index (χ0v) is 9.54. The molecule has 0 aliphatic carbocycles. The van der Waals surface area contributed by atoms with Crippen LogP contribution in [0, 0.1) is 0 Å². The summed E-state index contributed by atoms with van der Waals surface area (Å²) in [6.07, 6.45) is 7.12. The summed E-state index contributed by atoms with van der Waals surface area (Å²) in [6.45, 7) is 7.85. The van der Waals surface area contributed by atoms with Crippen LogP contribution in [0.15, 0.2) is 23.8 Å². The van der Waals surface area contributed by atoms with E-state index in [1.807, 2.05) is 6.92 Å². The summed E-state index contributed by atoms with van der Waals surface area (Å²) in [4.78, 5) is 11.0. The fourth-order valence-electron chi connectivity index (χ4n) is 1.04. The summed E-state index contributed by atoms with van der Waals surface area (Å²) in [5, 5.41) is 0. The first-order valence-electron chi connectivity index (χ1n) is 5.03. The molecule has 0 saturated carbocycles. The molecule has 2 nitrogen and oxygen atoms in total. The maximum atomic E-state index is 11.0. The van der Waals surface area contributed by atoms with Crippen molar-refractivity contribution in [2.75, 3.05) is 0 Å². The molecule has 2 heteroatoms. The molecule has 1 unspecified atom stereocenters. The van der Waals surface area contributed by atoms with Gasteiger partial charge in [-0.15, -0.1) is 0 Å². The largest absolute Gasteiger partial charge is 0.460 e. The Morgan fingerprint density at radius 2 is 2.07 bits per heavy atom. The molecule has 0 heterocycles. The van der Waals surface area contributed by atoms with E-state index in [9.17, 15) is 4.79 Å². The second-order valence-corrected chi connectivity index (χ2v) is 3.61. The number of ether oxygens (including phenoxy) is 1. The predicted octanol–water partition coefficient (Wildman–Crippen LogP) is 3.24. The first-order chi connectivity index (χ1) is 6.56. The molecule has 0 aromatic heterocycles. The summed E-state index contributed by atoms with van der Waals surface area (Å²) < 4.78 is 5.12. The van der Waals surface area contributed by atoms with Crippen LogP contribution < -0.4 is 0 Å². The lowest BCUT2D eigenvalue weighted by Gasteiger charge is -2.10. The van der Waals surface area contributed by atoms with Gasteiger partial charge in [0.2, 0.25) is 0 Å². The van der Waals surface area contributed by atoms with Crippen molar-refractivity contribution in [3.8, 4) is 0 Å². The van der Waals surface area contributed by atoms with Gasteiger partial charge in [0.1, 0.15) is 0 Å². The van der Waals surface area contributed by atoms with Gasteiger partial charge in [-0.1, -0.05) is 17.7 Å². The van der Waals surface area contributed by atoms with E-state index in [1.165, 1.54) is 11.6 Å². The van der Waals surface area contributed by atoms with Crippen LogP contribution in [0.3, 0.4) is 0 Å². The van der Waals surface area contributed by atoms with Crippen molar-refractivity contribution in [3.63, 3.8) is 0 Å². The second kappa shape index (κ2) is 7.36. The highest BCUT2D eigenvalue weighted by Gasteiger charge is 2.04. The van der Waals surface area contributed by atoms with Crippen LogP contribution in [0.25, 0.3) is 0 Å². The maximum Gasteiger partial charge on any atom is 0.330 e. The Hall–Kier alpha value is -1.05. The molecule has 80 valence electrons. The van der Waals surface area contributed by atoms with Crippen LogP contribution in [0.4, 0.5) is 0 Å². The van der Waals surface area contributed by atoms with Gasteiger partial charge >= 0.3 is 5.97 Å². The Morgan fingerprint density at radius 3 is 2.57 bits per heavy atom. The van der Waals surface area contributed by atoms with E-state index in [0.717, 1.165) is 12.8 Å². The van der Waals surface area contributed by atoms with Crippen molar-refractivity contribution < 1.29 is 9.53 Å². The molecule has 0 spiro atoms. The van der Waals surface area contributed by atoms with Crippen LogP contribution in [0.5, 0.6) is 0 Å². The molecule has 0 aliphatic rings. The van der Waals surface area contributed by atoms with Crippen LogP contribution in [-0.2, 0) is 9.53 Å². The lowest BCUT2D eigenvalue weighted by atomic mass is 10.2. The highest BCUT2D eigenvalue weighted by molar-refractivity contribution is 5.81. The van der Waals surface area contributed by atoms with Gasteiger partial charge in [-0.05, 0) is 40.5 Å². The summed E-state index contributed by atoms with van der Waals surface area (Å²) in [7, 11) is 0. The van der Waals surface area contributed by atoms with Gasteiger partial charge < -0.3 is 4.74 Å². The molecule has 0 N–H and O–H groups in total. The molecule has 0 rings (SSSR count). The molecule has 14 heavy (non-hydrogen) atoms. The van der Waals surface area contributed by atoms with Crippen molar-refractivity contribution in [1.29, 1.82) is 0 Å². The second-order valence-electron chi connectivity index (χ2n) is 3.61. The highest BCUT2D eigenvalue weighted by atomic mass is 16.5. The first-order valence-corrected chi connectivity index (χ1v) is 5.03. The minimum atomic E-state index is -0.253. The molecule has 0 saturated heterocycles. The summed E-state index contributed by atoms with van der Waals surface area (Å²) >= 11 is 0. The molecule has 0 aromatic rings. The number of rotatable bonds is 5. The molecule has 0 aromatic carbocycles. The number of carbonyl (C=O) groups is 1. The molecular formula is C12H20O2. The number of esters is 1. The van der Waals surface area contributed by atoms with Gasteiger partial charge in [0, 0.05) is 6.08 Å². The lowest BCUT2D eigenvalue weighted by Crippen LogP contribution is -2.12. The fraction of sp³-hybridized carbons (Fsp3) is 0.583. The molecule has 0 bridgehead atoms. The van der Waals surface area contributed by atoms with E-state index < -0.39 is 0 Å². The normalized spacial score (nSPS) is 12.6. The van der Waals surface area contributed by atoms with E-state index in [0.29, 0.717) is 0 Å². The standard InChI is InChI=1S/C12H20O2/c1-5-7-12(13)14-11(4)9-6-8-10(2)3/h5,7-8,11H,6,9H2,1-4H3. The van der Waals surface area contributed by atoms with Crippen LogP contribution >= 0.6 is 0 Å². The molecular weight excluding hydrogens is 176 g/mol. The van der Waals surface area contributed by atoms with Crippen LogP contribution in [-0.4, -0.2) is 12.1 Å². The molecule has 0 aliphatic heterocycles. The summed E-state index contributed by atoms with van der Waals surface area (Å²) in [6, 6.07) is 0. The SMILES string of the molecule is CC=CC(=O)OC(C)CCC=C(C)C. The fourth-order valence-corrected chi connectivity index (χ4v) is 1.04. The number of hydrogen-bond acceptors (Lipinski definition) is 2. The average Bonchev–Trinajstić information content (AvgIpc) is 2.03. The van der Waals surface area contributed by atoms with Crippen LogP contribution in [0.1, 0.15) is 40.5 Å². The molecule has 1 atom stereocenters. The van der Waals surface area contributed by atoms with Gasteiger partial charge in [-0.25, -0.2) is 4.79 Å². The van der Waals surface area contributed by atoms with E-state index in [2.05, 4.69) is 19.9 Å². The van der Waals surface area contributed by atoms with Crippen molar-refractivity contribution in [2.24, 2.45) is 0 Å². The topological polar surface area (TPSA) is 26.3 Å². The summed E-state index contributed by atoms with van der Waals surface area (Å²) in [5.74, 6) is -0.253. The first kappa shape index (κ1) is 12.9. The number of allylic oxidation sites excluding steroid dienone is 3.